The Hall–Kier alpha value is -0.760. The van der Waals surface area contributed by atoms with E-state index in [0.29, 0.717) is 6.04 Å². The number of hydrogen-bond donors (Lipinski definition) is 0. The standard InChI is InChI=1S/C15H19NS/c1-10-8-13-14(9-11(10)2)17-15(16-13)12-6-4-3-5-7-12/h3-7,10-11,13-14H,8-9H2,1-2H3/t10-,11-,13-,14+/m1/s1. The summed E-state index contributed by atoms with van der Waals surface area (Å²) < 4.78 is 0. The molecule has 4 atom stereocenters. The molecule has 1 aromatic carbocycles. The minimum Gasteiger partial charge on any atom is -0.273 e. The molecule has 0 amide bonds. The summed E-state index contributed by atoms with van der Waals surface area (Å²) >= 11 is 2.00. The van der Waals surface area contributed by atoms with E-state index in [1.54, 1.807) is 0 Å². The smallest absolute Gasteiger partial charge is 0.0984 e. The SMILES string of the molecule is C[C@@H]1C[C@@H]2SC(c3ccccc3)=N[C@@H]2C[C@H]1C. The number of rotatable bonds is 1. The van der Waals surface area contributed by atoms with E-state index in [2.05, 4.69) is 44.2 Å². The zero-order valence-corrected chi connectivity index (χ0v) is 11.3. The summed E-state index contributed by atoms with van der Waals surface area (Å²) in [4.78, 5) is 4.94. The Bertz CT molecular complexity index is 426. The van der Waals surface area contributed by atoms with E-state index in [9.17, 15) is 0 Å². The molecule has 1 aliphatic heterocycles. The predicted molar refractivity (Wildman–Crippen MR) is 75.7 cm³/mol. The van der Waals surface area contributed by atoms with Gasteiger partial charge in [-0.05, 0) is 24.7 Å². The fourth-order valence-electron chi connectivity index (χ4n) is 2.83. The molecule has 1 nitrogen and oxygen atoms in total. The van der Waals surface area contributed by atoms with Crippen LogP contribution in [-0.4, -0.2) is 16.3 Å². The molecule has 2 aliphatic rings. The fourth-order valence-corrected chi connectivity index (χ4v) is 4.32. The van der Waals surface area contributed by atoms with Crippen molar-refractivity contribution in [3.8, 4) is 0 Å². The van der Waals surface area contributed by atoms with Gasteiger partial charge in [-0.3, -0.25) is 4.99 Å². The molecule has 0 unspecified atom stereocenters. The lowest BCUT2D eigenvalue weighted by Gasteiger charge is -2.32. The van der Waals surface area contributed by atoms with Crippen LogP contribution >= 0.6 is 11.8 Å². The third-order valence-corrected chi connectivity index (χ3v) is 5.56. The first-order chi connectivity index (χ1) is 8.24. The molecule has 3 rings (SSSR count). The third kappa shape index (κ3) is 2.15. The molecular formula is C15H19NS. The summed E-state index contributed by atoms with van der Waals surface area (Å²) in [5, 5.41) is 2.00. The topological polar surface area (TPSA) is 12.4 Å². The second-order valence-electron chi connectivity index (χ2n) is 5.45. The van der Waals surface area contributed by atoms with Gasteiger partial charge in [0.25, 0.3) is 0 Å². The molecule has 0 saturated heterocycles. The van der Waals surface area contributed by atoms with Gasteiger partial charge in [-0.25, -0.2) is 0 Å². The zero-order valence-electron chi connectivity index (χ0n) is 10.5. The summed E-state index contributed by atoms with van der Waals surface area (Å²) in [6.45, 7) is 4.77. The van der Waals surface area contributed by atoms with Crippen LogP contribution in [0.4, 0.5) is 0 Å². The maximum absolute atomic E-state index is 4.94. The van der Waals surface area contributed by atoms with Crippen molar-refractivity contribution in [3.05, 3.63) is 35.9 Å². The summed E-state index contributed by atoms with van der Waals surface area (Å²) in [7, 11) is 0. The van der Waals surface area contributed by atoms with Crippen LogP contribution in [-0.2, 0) is 0 Å². The lowest BCUT2D eigenvalue weighted by Crippen LogP contribution is -2.31. The second kappa shape index (κ2) is 4.49. The van der Waals surface area contributed by atoms with E-state index >= 15 is 0 Å². The maximum atomic E-state index is 4.94. The molecule has 0 N–H and O–H groups in total. The highest BCUT2D eigenvalue weighted by Gasteiger charge is 2.38. The number of nitrogens with zero attached hydrogens (tertiary/aromatic N) is 1. The van der Waals surface area contributed by atoms with Gasteiger partial charge in [0.1, 0.15) is 0 Å². The number of fused-ring (bicyclic) bond motifs is 1. The van der Waals surface area contributed by atoms with Gasteiger partial charge in [-0.15, -0.1) is 11.8 Å². The van der Waals surface area contributed by atoms with Gasteiger partial charge in [0, 0.05) is 10.8 Å². The number of hydrogen-bond acceptors (Lipinski definition) is 2. The lowest BCUT2D eigenvalue weighted by molar-refractivity contribution is 0.262. The Kier molecular flexibility index (Phi) is 2.99. The fraction of sp³-hybridized carbons (Fsp3) is 0.533. The number of thioether (sulfide) groups is 1. The molecule has 1 heterocycles. The first-order valence-electron chi connectivity index (χ1n) is 6.54. The van der Waals surface area contributed by atoms with Crippen LogP contribution in [0.2, 0.25) is 0 Å². The van der Waals surface area contributed by atoms with Crippen molar-refractivity contribution >= 4 is 16.8 Å². The van der Waals surface area contributed by atoms with E-state index in [1.807, 2.05) is 11.8 Å². The largest absolute Gasteiger partial charge is 0.273 e. The third-order valence-electron chi connectivity index (χ3n) is 4.18. The molecule has 0 spiro atoms. The minimum atomic E-state index is 0.571. The molecule has 1 aliphatic carbocycles. The van der Waals surface area contributed by atoms with Crippen LogP contribution in [0.1, 0.15) is 32.3 Å². The van der Waals surface area contributed by atoms with Crippen LogP contribution in [0.15, 0.2) is 35.3 Å². The monoisotopic (exact) mass is 245 g/mol. The van der Waals surface area contributed by atoms with Gasteiger partial charge < -0.3 is 0 Å². The van der Waals surface area contributed by atoms with E-state index in [0.717, 1.165) is 17.1 Å². The quantitative estimate of drug-likeness (QED) is 0.729. The zero-order chi connectivity index (χ0) is 11.8. The first-order valence-corrected chi connectivity index (χ1v) is 7.42. The van der Waals surface area contributed by atoms with Crippen molar-refractivity contribution in [2.24, 2.45) is 16.8 Å². The average molecular weight is 245 g/mol. The van der Waals surface area contributed by atoms with Crippen molar-refractivity contribution in [3.63, 3.8) is 0 Å². The Morgan fingerprint density at radius 2 is 1.76 bits per heavy atom. The highest BCUT2D eigenvalue weighted by molar-refractivity contribution is 8.15. The van der Waals surface area contributed by atoms with E-state index in [4.69, 9.17) is 4.99 Å². The van der Waals surface area contributed by atoms with Crippen molar-refractivity contribution in [2.45, 2.75) is 38.0 Å². The van der Waals surface area contributed by atoms with Crippen LogP contribution in [0, 0.1) is 11.8 Å². The maximum Gasteiger partial charge on any atom is 0.0984 e. The van der Waals surface area contributed by atoms with Crippen LogP contribution < -0.4 is 0 Å². The van der Waals surface area contributed by atoms with Gasteiger partial charge >= 0.3 is 0 Å². The molecule has 1 saturated carbocycles. The number of aliphatic imine (C=N–C) groups is 1. The highest BCUT2D eigenvalue weighted by atomic mass is 32.2. The molecule has 1 aromatic rings. The van der Waals surface area contributed by atoms with Gasteiger partial charge in [-0.2, -0.15) is 0 Å². The summed E-state index contributed by atoms with van der Waals surface area (Å²) in [6.07, 6.45) is 2.60. The Labute approximate surface area is 108 Å². The first kappa shape index (κ1) is 11.3. The number of benzene rings is 1. The molecule has 0 radical (unpaired) electrons. The van der Waals surface area contributed by atoms with Gasteiger partial charge in [-0.1, -0.05) is 44.2 Å². The summed E-state index contributed by atoms with van der Waals surface area (Å²) in [5.41, 5.74) is 1.30. The van der Waals surface area contributed by atoms with Crippen molar-refractivity contribution in [1.29, 1.82) is 0 Å². The van der Waals surface area contributed by atoms with Crippen LogP contribution in [0.25, 0.3) is 0 Å². The second-order valence-corrected chi connectivity index (χ2v) is 6.68. The predicted octanol–water partition coefficient (Wildman–Crippen LogP) is 3.98. The summed E-state index contributed by atoms with van der Waals surface area (Å²) in [6, 6.07) is 11.2. The van der Waals surface area contributed by atoms with E-state index in [-0.39, 0.29) is 0 Å². The van der Waals surface area contributed by atoms with E-state index < -0.39 is 0 Å². The summed E-state index contributed by atoms with van der Waals surface area (Å²) in [5.74, 6) is 1.68. The minimum absolute atomic E-state index is 0.571. The van der Waals surface area contributed by atoms with E-state index in [1.165, 1.54) is 23.4 Å². The van der Waals surface area contributed by atoms with Gasteiger partial charge in [0.2, 0.25) is 0 Å². The molecule has 0 bridgehead atoms. The molecule has 1 fully saturated rings. The van der Waals surface area contributed by atoms with Crippen LogP contribution in [0.3, 0.4) is 0 Å². The normalized spacial score (nSPS) is 36.5. The molecule has 17 heavy (non-hydrogen) atoms. The Morgan fingerprint density at radius 1 is 1.06 bits per heavy atom. The van der Waals surface area contributed by atoms with Gasteiger partial charge in [0.05, 0.1) is 11.1 Å². The molecular weight excluding hydrogens is 226 g/mol. The van der Waals surface area contributed by atoms with Crippen molar-refractivity contribution in [2.75, 3.05) is 0 Å². The molecule has 0 aromatic heterocycles. The Morgan fingerprint density at radius 3 is 2.53 bits per heavy atom. The van der Waals surface area contributed by atoms with Crippen LogP contribution in [0.5, 0.6) is 0 Å². The van der Waals surface area contributed by atoms with Gasteiger partial charge in [0.15, 0.2) is 0 Å². The average Bonchev–Trinajstić information content (AvgIpc) is 2.74. The van der Waals surface area contributed by atoms with Crippen molar-refractivity contribution < 1.29 is 0 Å². The highest BCUT2D eigenvalue weighted by Crippen LogP contribution is 2.43. The van der Waals surface area contributed by atoms with Crippen molar-refractivity contribution in [1.82, 2.24) is 0 Å². The Balaban J connectivity index is 1.81. The molecule has 2 heteroatoms. The lowest BCUT2D eigenvalue weighted by atomic mass is 9.79. The molecule has 90 valence electrons.